The fourth-order valence-electron chi connectivity index (χ4n) is 4.14. The molecule has 1 aromatic carbocycles. The average Bonchev–Trinajstić information content (AvgIpc) is 3.15. The van der Waals surface area contributed by atoms with Crippen molar-refractivity contribution in [1.82, 2.24) is 25.1 Å². The molecule has 1 heterocycles. The van der Waals surface area contributed by atoms with E-state index >= 15 is 0 Å². The van der Waals surface area contributed by atoms with Crippen LogP contribution in [0.15, 0.2) is 24.3 Å². The van der Waals surface area contributed by atoms with Gasteiger partial charge < -0.3 is 4.74 Å². The van der Waals surface area contributed by atoms with Crippen molar-refractivity contribution >= 4 is 0 Å². The lowest BCUT2D eigenvalue weighted by Crippen LogP contribution is -2.50. The van der Waals surface area contributed by atoms with Crippen molar-refractivity contribution in [1.29, 1.82) is 0 Å². The molecule has 1 aliphatic rings. The maximum Gasteiger partial charge on any atom is 0.176 e. The van der Waals surface area contributed by atoms with E-state index in [1.165, 1.54) is 12.8 Å². The molecule has 1 saturated carbocycles. The molecule has 1 aliphatic carbocycles. The highest BCUT2D eigenvalue weighted by Gasteiger charge is 2.44. The van der Waals surface area contributed by atoms with Crippen LogP contribution >= 0.6 is 0 Å². The van der Waals surface area contributed by atoms with Crippen LogP contribution in [0.5, 0.6) is 5.75 Å². The molecule has 2 aromatic rings. The summed E-state index contributed by atoms with van der Waals surface area (Å²) in [6.45, 7) is 8.79. The summed E-state index contributed by atoms with van der Waals surface area (Å²) in [5.74, 6) is 2.54. The zero-order chi connectivity index (χ0) is 17.9. The highest BCUT2D eigenvalue weighted by molar-refractivity contribution is 5.39. The number of hydrogen-bond acceptors (Lipinski definition) is 5. The standard InChI is InChI=1S/C19H29N5O/c1-5-23(6-2)19(12-10-15(3)11-13-19)18-20-21-22-24(18)16-8-7-9-17(14-16)25-4/h7-9,14-15H,5-6,10-13H2,1-4H3. The Morgan fingerprint density at radius 1 is 1.24 bits per heavy atom. The van der Waals surface area contributed by atoms with Gasteiger partial charge >= 0.3 is 0 Å². The van der Waals surface area contributed by atoms with E-state index in [4.69, 9.17) is 4.74 Å². The highest BCUT2D eigenvalue weighted by atomic mass is 16.5. The van der Waals surface area contributed by atoms with Crippen LogP contribution in [0.2, 0.25) is 0 Å². The summed E-state index contributed by atoms with van der Waals surface area (Å²) in [6.07, 6.45) is 4.61. The predicted octanol–water partition coefficient (Wildman–Crippen LogP) is 3.42. The third-order valence-corrected chi connectivity index (χ3v) is 5.65. The molecule has 0 saturated heterocycles. The molecule has 1 aromatic heterocycles. The quantitative estimate of drug-likeness (QED) is 0.804. The Hall–Kier alpha value is -1.95. The van der Waals surface area contributed by atoms with Gasteiger partial charge in [0.15, 0.2) is 5.82 Å². The minimum Gasteiger partial charge on any atom is -0.497 e. The molecule has 1 fully saturated rings. The van der Waals surface area contributed by atoms with Crippen LogP contribution in [0.4, 0.5) is 0 Å². The first kappa shape index (κ1) is 17.9. The first-order valence-electron chi connectivity index (χ1n) is 9.33. The molecule has 0 N–H and O–H groups in total. The van der Waals surface area contributed by atoms with E-state index in [2.05, 4.69) is 41.2 Å². The summed E-state index contributed by atoms with van der Waals surface area (Å²) in [5, 5.41) is 12.9. The second-order valence-electron chi connectivity index (χ2n) is 7.00. The number of rotatable bonds is 6. The number of aromatic nitrogens is 4. The average molecular weight is 343 g/mol. The molecule has 3 rings (SSSR count). The van der Waals surface area contributed by atoms with Crippen LogP contribution in [0.3, 0.4) is 0 Å². The summed E-state index contributed by atoms with van der Waals surface area (Å²) in [5.41, 5.74) is 0.854. The van der Waals surface area contributed by atoms with E-state index in [1.807, 2.05) is 28.9 Å². The molecule has 0 aliphatic heterocycles. The van der Waals surface area contributed by atoms with Gasteiger partial charge in [0.05, 0.1) is 18.3 Å². The lowest BCUT2D eigenvalue weighted by Gasteiger charge is -2.46. The largest absolute Gasteiger partial charge is 0.497 e. The van der Waals surface area contributed by atoms with E-state index in [-0.39, 0.29) is 5.54 Å². The van der Waals surface area contributed by atoms with Crippen molar-refractivity contribution < 1.29 is 4.74 Å². The summed E-state index contributed by atoms with van der Waals surface area (Å²) in [7, 11) is 1.68. The number of hydrogen-bond donors (Lipinski definition) is 0. The zero-order valence-corrected chi connectivity index (χ0v) is 15.8. The van der Waals surface area contributed by atoms with Crippen LogP contribution in [-0.4, -0.2) is 45.3 Å². The van der Waals surface area contributed by atoms with E-state index in [1.54, 1.807) is 7.11 Å². The van der Waals surface area contributed by atoms with Crippen molar-refractivity contribution in [3.63, 3.8) is 0 Å². The van der Waals surface area contributed by atoms with Crippen LogP contribution in [0.1, 0.15) is 52.3 Å². The van der Waals surface area contributed by atoms with Gasteiger partial charge in [-0.3, -0.25) is 4.90 Å². The summed E-state index contributed by atoms with van der Waals surface area (Å²) >= 11 is 0. The van der Waals surface area contributed by atoms with Crippen LogP contribution in [0, 0.1) is 5.92 Å². The third-order valence-electron chi connectivity index (χ3n) is 5.65. The SMILES string of the molecule is CCN(CC)C1(c2nnnn2-c2cccc(OC)c2)CCC(C)CC1. The molecule has 0 bridgehead atoms. The minimum absolute atomic E-state index is 0.0947. The van der Waals surface area contributed by atoms with Gasteiger partial charge in [-0.2, -0.15) is 4.68 Å². The van der Waals surface area contributed by atoms with Gasteiger partial charge in [0.1, 0.15) is 5.75 Å². The van der Waals surface area contributed by atoms with Crippen molar-refractivity contribution in [3.8, 4) is 11.4 Å². The van der Waals surface area contributed by atoms with Gasteiger partial charge in [-0.25, -0.2) is 0 Å². The van der Waals surface area contributed by atoms with Crippen molar-refractivity contribution in [2.24, 2.45) is 5.92 Å². The van der Waals surface area contributed by atoms with Crippen LogP contribution in [0.25, 0.3) is 5.69 Å². The first-order valence-corrected chi connectivity index (χ1v) is 9.33. The molecule has 0 unspecified atom stereocenters. The Kier molecular flexibility index (Phi) is 5.37. The molecule has 0 atom stereocenters. The number of tetrazole rings is 1. The second kappa shape index (κ2) is 7.52. The van der Waals surface area contributed by atoms with Gasteiger partial charge in [0.2, 0.25) is 0 Å². The Morgan fingerprint density at radius 3 is 2.60 bits per heavy atom. The Morgan fingerprint density at radius 2 is 1.96 bits per heavy atom. The molecular formula is C19H29N5O. The summed E-state index contributed by atoms with van der Waals surface area (Å²) < 4.78 is 7.27. The number of methoxy groups -OCH3 is 1. The molecule has 0 radical (unpaired) electrons. The third kappa shape index (κ3) is 3.27. The van der Waals surface area contributed by atoms with Gasteiger partial charge in [-0.15, -0.1) is 5.10 Å². The van der Waals surface area contributed by atoms with Gasteiger partial charge in [-0.05, 0) is 67.3 Å². The lowest BCUT2D eigenvalue weighted by atomic mass is 9.75. The van der Waals surface area contributed by atoms with Crippen molar-refractivity contribution in [2.45, 2.75) is 52.0 Å². The number of nitrogens with zero attached hydrogens (tertiary/aromatic N) is 5. The minimum atomic E-state index is -0.0947. The first-order chi connectivity index (χ1) is 12.1. The highest BCUT2D eigenvalue weighted by Crippen LogP contribution is 2.43. The fraction of sp³-hybridized carbons (Fsp3) is 0.632. The van der Waals surface area contributed by atoms with Crippen molar-refractivity contribution in [2.75, 3.05) is 20.2 Å². The number of ether oxygens (including phenoxy) is 1. The maximum absolute atomic E-state index is 5.37. The normalized spacial score (nSPS) is 23.8. The Bertz CT molecular complexity index is 687. The van der Waals surface area contributed by atoms with Gasteiger partial charge in [0, 0.05) is 6.07 Å². The zero-order valence-electron chi connectivity index (χ0n) is 15.8. The summed E-state index contributed by atoms with van der Waals surface area (Å²) in [6, 6.07) is 7.94. The molecule has 6 nitrogen and oxygen atoms in total. The van der Waals surface area contributed by atoms with E-state index in [0.717, 1.165) is 49.1 Å². The predicted molar refractivity (Wildman–Crippen MR) is 97.9 cm³/mol. The van der Waals surface area contributed by atoms with Crippen LogP contribution < -0.4 is 4.74 Å². The number of benzene rings is 1. The molecule has 0 spiro atoms. The smallest absolute Gasteiger partial charge is 0.176 e. The molecule has 25 heavy (non-hydrogen) atoms. The molecule has 0 amide bonds. The van der Waals surface area contributed by atoms with E-state index in [0.29, 0.717) is 0 Å². The second-order valence-corrected chi connectivity index (χ2v) is 7.00. The van der Waals surface area contributed by atoms with Crippen molar-refractivity contribution in [3.05, 3.63) is 30.1 Å². The molecule has 136 valence electrons. The van der Waals surface area contributed by atoms with Gasteiger partial charge in [0.25, 0.3) is 0 Å². The fourth-order valence-corrected chi connectivity index (χ4v) is 4.14. The molecule has 6 heteroatoms. The summed E-state index contributed by atoms with van der Waals surface area (Å²) in [4.78, 5) is 2.53. The Balaban J connectivity index is 2.07. The van der Waals surface area contributed by atoms with E-state index in [9.17, 15) is 0 Å². The monoisotopic (exact) mass is 343 g/mol. The molecular weight excluding hydrogens is 314 g/mol. The van der Waals surface area contributed by atoms with E-state index < -0.39 is 0 Å². The maximum atomic E-state index is 5.37. The topological polar surface area (TPSA) is 56.1 Å². The Labute approximate surface area is 150 Å². The van der Waals surface area contributed by atoms with Gasteiger partial charge in [-0.1, -0.05) is 26.8 Å². The van der Waals surface area contributed by atoms with Crippen LogP contribution in [-0.2, 0) is 5.54 Å². The lowest BCUT2D eigenvalue weighted by molar-refractivity contribution is 0.0336.